The van der Waals surface area contributed by atoms with Gasteiger partial charge in [-0.05, 0) is 24.3 Å². The van der Waals surface area contributed by atoms with Crippen molar-refractivity contribution in [3.8, 4) is 5.75 Å². The summed E-state index contributed by atoms with van der Waals surface area (Å²) in [5, 5.41) is 9.15. The van der Waals surface area contributed by atoms with Crippen LogP contribution in [0.2, 0.25) is 0 Å². The minimum atomic E-state index is -0.947. The Labute approximate surface area is 103 Å². The van der Waals surface area contributed by atoms with Crippen LogP contribution in [-0.4, -0.2) is 5.11 Å². The summed E-state index contributed by atoms with van der Waals surface area (Å²) in [4.78, 5) is 0. The Morgan fingerprint density at radius 1 is 1.00 bits per heavy atom. The molecule has 3 N–H and O–H groups in total. The van der Waals surface area contributed by atoms with Crippen molar-refractivity contribution in [1.82, 2.24) is 5.43 Å². The molecule has 0 aliphatic rings. The van der Waals surface area contributed by atoms with Gasteiger partial charge in [-0.1, -0.05) is 18.2 Å². The normalized spacial score (nSPS) is 10.3. The maximum atomic E-state index is 13.4. The van der Waals surface area contributed by atoms with Gasteiger partial charge in [0.15, 0.2) is 11.6 Å². The number of hydrazine groups is 1. The van der Waals surface area contributed by atoms with E-state index in [0.717, 1.165) is 17.8 Å². The SMILES string of the molecule is Oc1ccc(F)c(CNNc2ccccc2)c1F. The lowest BCUT2D eigenvalue weighted by molar-refractivity contribution is 0.420. The fourth-order valence-electron chi connectivity index (χ4n) is 1.50. The highest BCUT2D eigenvalue weighted by atomic mass is 19.1. The average Bonchev–Trinajstić information content (AvgIpc) is 2.39. The maximum Gasteiger partial charge on any atom is 0.172 e. The fourth-order valence-corrected chi connectivity index (χ4v) is 1.50. The third kappa shape index (κ3) is 2.75. The molecule has 0 heterocycles. The molecule has 0 aromatic heterocycles. The Morgan fingerprint density at radius 2 is 1.72 bits per heavy atom. The molecule has 3 nitrogen and oxygen atoms in total. The van der Waals surface area contributed by atoms with E-state index in [0.29, 0.717) is 0 Å². The van der Waals surface area contributed by atoms with Gasteiger partial charge in [0.1, 0.15) is 5.82 Å². The maximum absolute atomic E-state index is 13.4. The summed E-state index contributed by atoms with van der Waals surface area (Å²) in [6.07, 6.45) is 0. The molecule has 5 heteroatoms. The molecule has 2 aromatic carbocycles. The Kier molecular flexibility index (Phi) is 3.74. The highest BCUT2D eigenvalue weighted by Crippen LogP contribution is 2.21. The van der Waals surface area contributed by atoms with Crippen LogP contribution in [0.3, 0.4) is 0 Å². The van der Waals surface area contributed by atoms with Gasteiger partial charge in [0.25, 0.3) is 0 Å². The molecule has 0 amide bonds. The summed E-state index contributed by atoms with van der Waals surface area (Å²) in [6, 6.07) is 11.2. The number of aromatic hydroxyl groups is 1. The first-order valence-corrected chi connectivity index (χ1v) is 5.38. The molecule has 2 rings (SSSR count). The molecule has 0 radical (unpaired) electrons. The zero-order chi connectivity index (χ0) is 13.0. The van der Waals surface area contributed by atoms with Gasteiger partial charge in [-0.15, -0.1) is 0 Å². The van der Waals surface area contributed by atoms with Gasteiger partial charge in [-0.25, -0.2) is 14.2 Å². The molecular weight excluding hydrogens is 238 g/mol. The van der Waals surface area contributed by atoms with Crippen LogP contribution in [0.25, 0.3) is 0 Å². The number of hydrogen-bond donors (Lipinski definition) is 3. The second-order valence-electron chi connectivity index (χ2n) is 3.70. The van der Waals surface area contributed by atoms with Crippen LogP contribution in [0.1, 0.15) is 5.56 Å². The average molecular weight is 250 g/mol. The predicted molar refractivity (Wildman–Crippen MR) is 64.9 cm³/mol. The minimum absolute atomic E-state index is 0.0824. The number of anilines is 1. The van der Waals surface area contributed by atoms with Crippen molar-refractivity contribution in [3.63, 3.8) is 0 Å². The molecule has 0 aliphatic heterocycles. The highest BCUT2D eigenvalue weighted by Gasteiger charge is 2.12. The second-order valence-corrected chi connectivity index (χ2v) is 3.70. The molecule has 0 spiro atoms. The van der Waals surface area contributed by atoms with Crippen LogP contribution in [0.15, 0.2) is 42.5 Å². The van der Waals surface area contributed by atoms with Crippen LogP contribution in [0.5, 0.6) is 5.75 Å². The Balaban J connectivity index is 2.01. The first-order valence-electron chi connectivity index (χ1n) is 5.38. The predicted octanol–water partition coefficient (Wildman–Crippen LogP) is 2.79. The molecule has 0 aliphatic carbocycles. The lowest BCUT2D eigenvalue weighted by Gasteiger charge is -2.10. The van der Waals surface area contributed by atoms with Gasteiger partial charge in [-0.2, -0.15) is 0 Å². The van der Waals surface area contributed by atoms with Crippen molar-refractivity contribution in [1.29, 1.82) is 0 Å². The van der Waals surface area contributed by atoms with Gasteiger partial charge in [0, 0.05) is 17.8 Å². The Morgan fingerprint density at radius 3 is 2.44 bits per heavy atom. The Bertz CT molecular complexity index is 532. The van der Waals surface area contributed by atoms with Crippen molar-refractivity contribution < 1.29 is 13.9 Å². The Hall–Kier alpha value is -2.14. The summed E-state index contributed by atoms with van der Waals surface area (Å²) in [7, 11) is 0. The van der Waals surface area contributed by atoms with E-state index in [9.17, 15) is 8.78 Å². The molecule has 0 fully saturated rings. The first-order chi connectivity index (χ1) is 8.68. The van der Waals surface area contributed by atoms with Crippen molar-refractivity contribution in [3.05, 3.63) is 59.7 Å². The number of phenolic OH excluding ortho intramolecular Hbond substituents is 1. The van der Waals surface area contributed by atoms with Crippen LogP contribution < -0.4 is 10.9 Å². The van der Waals surface area contributed by atoms with Crippen LogP contribution >= 0.6 is 0 Å². The summed E-state index contributed by atoms with van der Waals surface area (Å²) in [5.41, 5.74) is 6.05. The lowest BCUT2D eigenvalue weighted by atomic mass is 10.2. The third-order valence-electron chi connectivity index (χ3n) is 2.44. The van der Waals surface area contributed by atoms with E-state index in [2.05, 4.69) is 10.9 Å². The van der Waals surface area contributed by atoms with E-state index in [4.69, 9.17) is 5.11 Å². The van der Waals surface area contributed by atoms with E-state index < -0.39 is 17.4 Å². The third-order valence-corrected chi connectivity index (χ3v) is 2.44. The van der Waals surface area contributed by atoms with Gasteiger partial charge in [0.05, 0.1) is 0 Å². The molecule has 0 unspecified atom stereocenters. The molecule has 0 saturated heterocycles. The molecular formula is C13H12F2N2O. The first kappa shape index (κ1) is 12.3. The van der Waals surface area contributed by atoms with Crippen molar-refractivity contribution in [2.45, 2.75) is 6.54 Å². The number of rotatable bonds is 4. The van der Waals surface area contributed by atoms with E-state index in [-0.39, 0.29) is 12.1 Å². The van der Waals surface area contributed by atoms with Gasteiger partial charge >= 0.3 is 0 Å². The van der Waals surface area contributed by atoms with Gasteiger partial charge in [-0.3, -0.25) is 0 Å². The zero-order valence-electron chi connectivity index (χ0n) is 9.45. The molecule has 94 valence electrons. The largest absolute Gasteiger partial charge is 0.505 e. The summed E-state index contributed by atoms with van der Waals surface area (Å²) < 4.78 is 26.8. The quantitative estimate of drug-likeness (QED) is 0.731. The molecule has 2 aromatic rings. The zero-order valence-corrected chi connectivity index (χ0v) is 9.45. The van der Waals surface area contributed by atoms with Crippen LogP contribution in [-0.2, 0) is 6.54 Å². The van der Waals surface area contributed by atoms with Crippen LogP contribution in [0, 0.1) is 11.6 Å². The standard InChI is InChI=1S/C13H12F2N2O/c14-11-6-7-12(18)13(15)10(11)8-16-17-9-4-2-1-3-5-9/h1-7,16-18H,8H2. The molecule has 0 atom stereocenters. The van der Waals surface area contributed by atoms with Gasteiger partial charge in [0.2, 0.25) is 0 Å². The van der Waals surface area contributed by atoms with E-state index in [1.165, 1.54) is 0 Å². The van der Waals surface area contributed by atoms with E-state index >= 15 is 0 Å². The lowest BCUT2D eigenvalue weighted by Crippen LogP contribution is -2.22. The highest BCUT2D eigenvalue weighted by molar-refractivity contribution is 5.41. The van der Waals surface area contributed by atoms with Crippen molar-refractivity contribution in [2.24, 2.45) is 0 Å². The number of hydrogen-bond acceptors (Lipinski definition) is 3. The molecule has 0 saturated carbocycles. The summed E-state index contributed by atoms with van der Waals surface area (Å²) >= 11 is 0. The van der Waals surface area contributed by atoms with Gasteiger partial charge < -0.3 is 10.5 Å². The molecule has 18 heavy (non-hydrogen) atoms. The molecule has 0 bridgehead atoms. The van der Waals surface area contributed by atoms with E-state index in [1.807, 2.05) is 30.3 Å². The number of phenols is 1. The number of nitrogens with one attached hydrogen (secondary N) is 2. The number of halogens is 2. The van der Waals surface area contributed by atoms with Crippen LogP contribution in [0.4, 0.5) is 14.5 Å². The second kappa shape index (κ2) is 5.46. The number of para-hydroxylation sites is 1. The monoisotopic (exact) mass is 250 g/mol. The number of benzene rings is 2. The topological polar surface area (TPSA) is 44.3 Å². The van der Waals surface area contributed by atoms with Crippen molar-refractivity contribution >= 4 is 5.69 Å². The van der Waals surface area contributed by atoms with E-state index in [1.54, 1.807) is 0 Å². The summed E-state index contributed by atoms with van der Waals surface area (Å²) in [5.74, 6) is -2.21. The van der Waals surface area contributed by atoms with Crippen molar-refractivity contribution in [2.75, 3.05) is 5.43 Å². The minimum Gasteiger partial charge on any atom is -0.505 e. The summed E-state index contributed by atoms with van der Waals surface area (Å²) in [6.45, 7) is -0.0824. The smallest absolute Gasteiger partial charge is 0.172 e. The fraction of sp³-hybridized carbons (Fsp3) is 0.0769.